The molecule has 0 saturated heterocycles. The van der Waals surface area contributed by atoms with Crippen LogP contribution in [0.4, 0.5) is 0 Å². The van der Waals surface area contributed by atoms with Gasteiger partial charge in [-0.1, -0.05) is 76.9 Å². The van der Waals surface area contributed by atoms with Crippen LogP contribution in [-0.4, -0.2) is 5.78 Å². The van der Waals surface area contributed by atoms with Gasteiger partial charge in [-0.05, 0) is 12.8 Å². The van der Waals surface area contributed by atoms with Crippen molar-refractivity contribution in [2.24, 2.45) is 11.8 Å². The third-order valence-corrected chi connectivity index (χ3v) is 3.08. The highest BCUT2D eigenvalue weighted by atomic mass is 16.1. The fourth-order valence-corrected chi connectivity index (χ4v) is 2.02. The molecule has 2 atom stereocenters. The van der Waals surface area contributed by atoms with Crippen molar-refractivity contribution >= 4 is 5.78 Å². The first kappa shape index (κ1) is 16.9. The second-order valence-electron chi connectivity index (χ2n) is 4.94. The Morgan fingerprint density at radius 2 is 1.06 bits per heavy atom. The van der Waals surface area contributed by atoms with Crippen molar-refractivity contribution in [3.05, 3.63) is 36.4 Å². The van der Waals surface area contributed by atoms with Crippen LogP contribution in [0.15, 0.2) is 36.4 Å². The van der Waals surface area contributed by atoms with Gasteiger partial charge < -0.3 is 0 Å². The first-order valence-corrected chi connectivity index (χ1v) is 7.17. The van der Waals surface area contributed by atoms with Crippen molar-refractivity contribution in [1.29, 1.82) is 0 Å². The summed E-state index contributed by atoms with van der Waals surface area (Å²) in [5, 5.41) is 0. The van der Waals surface area contributed by atoms with Crippen molar-refractivity contribution in [3.63, 3.8) is 0 Å². The van der Waals surface area contributed by atoms with Crippen molar-refractivity contribution in [2.45, 2.75) is 53.4 Å². The van der Waals surface area contributed by atoms with E-state index in [9.17, 15) is 4.79 Å². The summed E-state index contributed by atoms with van der Waals surface area (Å²) in [4.78, 5) is 11.6. The molecule has 2 unspecified atom stereocenters. The number of benzene rings is 1. The fraction of sp³-hybridized carbons (Fsp3) is 0.588. The SMILES string of the molecule is CCCC(C)C(=O)C(C)CCC.c1ccccc1. The Morgan fingerprint density at radius 1 is 0.778 bits per heavy atom. The Bertz CT molecular complexity index is 251. The van der Waals surface area contributed by atoms with Gasteiger partial charge in [-0.2, -0.15) is 0 Å². The average Bonchev–Trinajstić information content (AvgIpc) is 2.41. The molecule has 0 N–H and O–H groups in total. The lowest BCUT2D eigenvalue weighted by Gasteiger charge is -2.14. The zero-order valence-electron chi connectivity index (χ0n) is 12.4. The number of rotatable bonds is 6. The molecule has 1 aromatic rings. The van der Waals surface area contributed by atoms with Gasteiger partial charge in [-0.25, -0.2) is 0 Å². The lowest BCUT2D eigenvalue weighted by Crippen LogP contribution is -2.19. The maximum atomic E-state index is 11.6. The zero-order valence-corrected chi connectivity index (χ0v) is 12.4. The number of carbonyl (C=O) groups excluding carboxylic acids is 1. The first-order chi connectivity index (χ1) is 8.63. The molecule has 1 rings (SSSR count). The molecule has 0 aliphatic carbocycles. The largest absolute Gasteiger partial charge is 0.299 e. The number of hydrogen-bond acceptors (Lipinski definition) is 1. The highest BCUT2D eigenvalue weighted by Crippen LogP contribution is 2.16. The molecule has 0 amide bonds. The van der Waals surface area contributed by atoms with E-state index in [1.807, 2.05) is 36.4 Å². The van der Waals surface area contributed by atoms with Crippen molar-refractivity contribution in [3.8, 4) is 0 Å². The molecule has 0 fully saturated rings. The summed E-state index contributed by atoms with van der Waals surface area (Å²) in [6.45, 7) is 8.37. The van der Waals surface area contributed by atoms with Crippen molar-refractivity contribution < 1.29 is 4.79 Å². The molecule has 18 heavy (non-hydrogen) atoms. The molecular formula is C17H28O. The lowest BCUT2D eigenvalue weighted by molar-refractivity contribution is -0.126. The van der Waals surface area contributed by atoms with E-state index in [-0.39, 0.29) is 11.8 Å². The van der Waals surface area contributed by atoms with Gasteiger partial charge >= 0.3 is 0 Å². The molecule has 102 valence electrons. The minimum absolute atomic E-state index is 0.275. The Morgan fingerprint density at radius 3 is 1.28 bits per heavy atom. The van der Waals surface area contributed by atoms with Gasteiger partial charge in [-0.15, -0.1) is 0 Å². The summed E-state index contributed by atoms with van der Waals surface area (Å²) in [5.41, 5.74) is 0. The highest BCUT2D eigenvalue weighted by molar-refractivity contribution is 5.82. The van der Waals surface area contributed by atoms with E-state index in [0.717, 1.165) is 25.7 Å². The number of hydrogen-bond donors (Lipinski definition) is 0. The minimum Gasteiger partial charge on any atom is -0.299 e. The molecule has 0 bridgehead atoms. The molecule has 1 nitrogen and oxygen atoms in total. The number of ketones is 1. The third kappa shape index (κ3) is 8.05. The maximum Gasteiger partial charge on any atom is 0.138 e. The van der Waals surface area contributed by atoms with Crippen LogP contribution in [-0.2, 0) is 4.79 Å². The molecule has 1 aromatic carbocycles. The second kappa shape index (κ2) is 11.0. The Balaban J connectivity index is 0.000000397. The summed E-state index contributed by atoms with van der Waals surface area (Å²) < 4.78 is 0. The van der Waals surface area contributed by atoms with Gasteiger partial charge in [0.15, 0.2) is 0 Å². The maximum absolute atomic E-state index is 11.6. The summed E-state index contributed by atoms with van der Waals surface area (Å²) in [6, 6.07) is 12.0. The van der Waals surface area contributed by atoms with Gasteiger partial charge in [0, 0.05) is 11.8 Å². The summed E-state index contributed by atoms with van der Waals surface area (Å²) >= 11 is 0. The molecule has 0 spiro atoms. The predicted molar refractivity (Wildman–Crippen MR) is 79.6 cm³/mol. The standard InChI is InChI=1S/C11H22O.C6H6/c1-5-7-9(3)11(12)10(4)8-6-2;1-2-4-6-5-3-1/h9-10H,5-8H2,1-4H3;1-6H. The molecule has 0 radical (unpaired) electrons. The molecule has 0 aliphatic rings. The van der Waals surface area contributed by atoms with Gasteiger partial charge in [0.05, 0.1) is 0 Å². The van der Waals surface area contributed by atoms with Crippen LogP contribution in [0.25, 0.3) is 0 Å². The summed E-state index contributed by atoms with van der Waals surface area (Å²) in [6.07, 6.45) is 4.33. The third-order valence-electron chi connectivity index (χ3n) is 3.08. The van der Waals surface area contributed by atoms with Crippen molar-refractivity contribution in [2.75, 3.05) is 0 Å². The van der Waals surface area contributed by atoms with E-state index in [4.69, 9.17) is 0 Å². The molecule has 0 saturated carbocycles. The van der Waals surface area contributed by atoms with Gasteiger partial charge in [0.2, 0.25) is 0 Å². The van der Waals surface area contributed by atoms with Crippen LogP contribution in [0, 0.1) is 11.8 Å². The average molecular weight is 248 g/mol. The van der Waals surface area contributed by atoms with E-state index in [1.165, 1.54) is 0 Å². The number of Topliss-reactive ketones (excluding diaryl/α,β-unsaturated/α-hetero) is 1. The van der Waals surface area contributed by atoms with Gasteiger partial charge in [-0.3, -0.25) is 4.79 Å². The molecule has 0 aliphatic heterocycles. The van der Waals surface area contributed by atoms with Crippen LogP contribution in [0.1, 0.15) is 53.4 Å². The molecule has 0 aromatic heterocycles. The van der Waals surface area contributed by atoms with E-state index in [1.54, 1.807) is 0 Å². The van der Waals surface area contributed by atoms with Crippen molar-refractivity contribution in [1.82, 2.24) is 0 Å². The van der Waals surface area contributed by atoms with Crippen LogP contribution in [0.2, 0.25) is 0 Å². The molecule has 0 heterocycles. The van der Waals surface area contributed by atoms with Gasteiger partial charge in [0.1, 0.15) is 5.78 Å². The quantitative estimate of drug-likeness (QED) is 0.683. The predicted octanol–water partition coefficient (Wildman–Crippen LogP) is 5.11. The summed E-state index contributed by atoms with van der Waals surface area (Å²) in [5.74, 6) is 1.01. The fourth-order valence-electron chi connectivity index (χ4n) is 2.02. The Labute approximate surface area is 113 Å². The van der Waals surface area contributed by atoms with E-state index in [0.29, 0.717) is 5.78 Å². The van der Waals surface area contributed by atoms with Crippen LogP contribution in [0.3, 0.4) is 0 Å². The minimum atomic E-state index is 0.275. The van der Waals surface area contributed by atoms with Gasteiger partial charge in [0.25, 0.3) is 0 Å². The second-order valence-corrected chi connectivity index (χ2v) is 4.94. The van der Waals surface area contributed by atoms with E-state index >= 15 is 0 Å². The molecular weight excluding hydrogens is 220 g/mol. The monoisotopic (exact) mass is 248 g/mol. The Hall–Kier alpha value is -1.11. The first-order valence-electron chi connectivity index (χ1n) is 7.17. The number of carbonyl (C=O) groups is 1. The van der Waals surface area contributed by atoms with Crippen LogP contribution >= 0.6 is 0 Å². The normalized spacial score (nSPS) is 13.1. The van der Waals surface area contributed by atoms with Crippen LogP contribution in [0.5, 0.6) is 0 Å². The van der Waals surface area contributed by atoms with E-state index < -0.39 is 0 Å². The molecule has 1 heteroatoms. The van der Waals surface area contributed by atoms with Crippen LogP contribution < -0.4 is 0 Å². The highest BCUT2D eigenvalue weighted by Gasteiger charge is 2.17. The smallest absolute Gasteiger partial charge is 0.138 e. The Kier molecular flexibility index (Phi) is 10.3. The summed E-state index contributed by atoms with van der Waals surface area (Å²) in [7, 11) is 0. The topological polar surface area (TPSA) is 17.1 Å². The zero-order chi connectivity index (χ0) is 13.8. The van der Waals surface area contributed by atoms with E-state index in [2.05, 4.69) is 27.7 Å². The lowest BCUT2D eigenvalue weighted by atomic mass is 9.89.